The van der Waals surface area contributed by atoms with Crippen molar-refractivity contribution in [3.05, 3.63) is 52.3 Å². The summed E-state index contributed by atoms with van der Waals surface area (Å²) in [6, 6.07) is 8.10. The van der Waals surface area contributed by atoms with Crippen molar-refractivity contribution in [2.45, 2.75) is 44.8 Å². The molecule has 1 heterocycles. The Labute approximate surface area is 124 Å². The maximum Gasteiger partial charge on any atom is 0.133 e. The third-order valence-corrected chi connectivity index (χ3v) is 4.35. The van der Waals surface area contributed by atoms with Crippen molar-refractivity contribution >= 4 is 11.6 Å². The zero-order chi connectivity index (χ0) is 14.2. The quantitative estimate of drug-likeness (QED) is 0.939. The fraction of sp³-hybridized carbons (Fsp3) is 0.438. The van der Waals surface area contributed by atoms with E-state index in [1.807, 2.05) is 22.9 Å². The van der Waals surface area contributed by atoms with Crippen LogP contribution in [0.4, 0.5) is 0 Å². The predicted octanol–water partition coefficient (Wildman–Crippen LogP) is 3.52. The van der Waals surface area contributed by atoms with E-state index in [1.165, 1.54) is 5.56 Å². The van der Waals surface area contributed by atoms with Gasteiger partial charge < -0.3 is 5.11 Å². The van der Waals surface area contributed by atoms with E-state index < -0.39 is 5.60 Å². The van der Waals surface area contributed by atoms with Crippen LogP contribution in [0.2, 0.25) is 5.02 Å². The molecule has 2 aromatic rings. The molecule has 20 heavy (non-hydrogen) atoms. The molecule has 1 atom stereocenters. The summed E-state index contributed by atoms with van der Waals surface area (Å²) in [6.45, 7) is 2.87. The van der Waals surface area contributed by atoms with E-state index in [0.29, 0.717) is 11.4 Å². The Hall–Kier alpha value is -1.32. The first kappa shape index (κ1) is 13.7. The lowest BCUT2D eigenvalue weighted by atomic mass is 9.77. The van der Waals surface area contributed by atoms with Crippen molar-refractivity contribution in [3.63, 3.8) is 0 Å². The summed E-state index contributed by atoms with van der Waals surface area (Å²) in [5.74, 6) is 0. The number of aliphatic hydroxyl groups is 1. The minimum Gasteiger partial charge on any atom is -0.379 e. The number of aromatic nitrogens is 2. The van der Waals surface area contributed by atoms with Gasteiger partial charge in [-0.15, -0.1) is 0 Å². The molecule has 0 saturated carbocycles. The topological polar surface area (TPSA) is 38.0 Å². The zero-order valence-electron chi connectivity index (χ0n) is 11.6. The van der Waals surface area contributed by atoms with Crippen molar-refractivity contribution in [1.29, 1.82) is 0 Å². The molecule has 0 amide bonds. The lowest BCUT2D eigenvalue weighted by Gasteiger charge is -2.35. The van der Waals surface area contributed by atoms with Gasteiger partial charge >= 0.3 is 0 Å². The van der Waals surface area contributed by atoms with E-state index >= 15 is 0 Å². The Morgan fingerprint density at radius 2 is 2.20 bits per heavy atom. The number of fused-ring (bicyclic) bond motifs is 1. The summed E-state index contributed by atoms with van der Waals surface area (Å²) in [4.78, 5) is 0. The largest absolute Gasteiger partial charge is 0.379 e. The molecule has 0 spiro atoms. The molecule has 0 fully saturated rings. The Morgan fingerprint density at radius 1 is 1.40 bits per heavy atom. The second-order valence-electron chi connectivity index (χ2n) is 5.44. The van der Waals surface area contributed by atoms with Gasteiger partial charge in [-0.1, -0.05) is 42.8 Å². The smallest absolute Gasteiger partial charge is 0.133 e. The van der Waals surface area contributed by atoms with Crippen LogP contribution >= 0.6 is 11.6 Å². The fourth-order valence-electron chi connectivity index (χ4n) is 3.21. The normalized spacial score (nSPS) is 21.8. The van der Waals surface area contributed by atoms with Crippen molar-refractivity contribution < 1.29 is 5.11 Å². The van der Waals surface area contributed by atoms with Gasteiger partial charge in [-0.05, 0) is 36.8 Å². The molecular formula is C16H19ClN2O. The van der Waals surface area contributed by atoms with Crippen LogP contribution in [-0.4, -0.2) is 14.9 Å². The Balaban J connectivity index is 2.17. The Kier molecular flexibility index (Phi) is 3.57. The first-order valence-electron chi connectivity index (χ1n) is 7.19. The molecule has 106 valence electrons. The average Bonchev–Trinajstić information content (AvgIpc) is 2.81. The minimum absolute atomic E-state index is 0.553. The second-order valence-corrected chi connectivity index (χ2v) is 5.84. The molecule has 0 bridgehead atoms. The third kappa shape index (κ3) is 2.05. The third-order valence-electron chi connectivity index (χ3n) is 4.07. The molecule has 3 nitrogen and oxygen atoms in total. The summed E-state index contributed by atoms with van der Waals surface area (Å²) in [5, 5.41) is 16.2. The molecule has 1 unspecified atom stereocenters. The molecule has 1 aromatic heterocycles. The van der Waals surface area contributed by atoms with E-state index in [0.717, 1.165) is 37.1 Å². The number of rotatable bonds is 3. The number of benzene rings is 1. The maximum absolute atomic E-state index is 11.3. The first-order valence-corrected chi connectivity index (χ1v) is 7.57. The molecule has 1 N–H and O–H groups in total. The molecule has 1 aliphatic rings. The molecule has 0 saturated heterocycles. The van der Waals surface area contributed by atoms with E-state index in [9.17, 15) is 5.11 Å². The van der Waals surface area contributed by atoms with Gasteiger partial charge in [0.05, 0.1) is 16.9 Å². The Bertz CT molecular complexity index is 623. The van der Waals surface area contributed by atoms with Crippen molar-refractivity contribution in [1.82, 2.24) is 9.78 Å². The van der Waals surface area contributed by atoms with E-state index in [4.69, 9.17) is 11.6 Å². The van der Waals surface area contributed by atoms with Crippen LogP contribution in [0.5, 0.6) is 0 Å². The lowest BCUT2D eigenvalue weighted by molar-refractivity contribution is 0.0521. The van der Waals surface area contributed by atoms with Crippen LogP contribution in [0.1, 0.15) is 43.0 Å². The molecule has 1 aromatic carbocycles. The highest BCUT2D eigenvalue weighted by Crippen LogP contribution is 2.42. The lowest BCUT2D eigenvalue weighted by Crippen LogP contribution is -2.34. The van der Waals surface area contributed by atoms with Crippen LogP contribution in [0.3, 0.4) is 0 Å². The predicted molar refractivity (Wildman–Crippen MR) is 79.9 cm³/mol. The highest BCUT2D eigenvalue weighted by molar-refractivity contribution is 6.31. The van der Waals surface area contributed by atoms with Crippen molar-refractivity contribution in [2.24, 2.45) is 0 Å². The molecule has 1 aliphatic carbocycles. The number of hydrogen-bond acceptors (Lipinski definition) is 2. The number of nitrogens with zero attached hydrogens (tertiary/aromatic N) is 2. The van der Waals surface area contributed by atoms with Gasteiger partial charge in [0.25, 0.3) is 0 Å². The summed E-state index contributed by atoms with van der Waals surface area (Å²) in [5.41, 5.74) is 1.91. The van der Waals surface area contributed by atoms with Crippen molar-refractivity contribution in [2.75, 3.05) is 0 Å². The first-order chi connectivity index (χ1) is 9.66. The number of hydrogen-bond donors (Lipinski definition) is 1. The van der Waals surface area contributed by atoms with Gasteiger partial charge in [0.15, 0.2) is 0 Å². The van der Waals surface area contributed by atoms with Gasteiger partial charge in [0.1, 0.15) is 5.60 Å². The number of aryl methyl sites for hydroxylation is 2. The van der Waals surface area contributed by atoms with Crippen LogP contribution in [0, 0.1) is 0 Å². The van der Waals surface area contributed by atoms with Crippen LogP contribution < -0.4 is 0 Å². The molecule has 4 heteroatoms. The van der Waals surface area contributed by atoms with Crippen LogP contribution in [0.15, 0.2) is 30.5 Å². The van der Waals surface area contributed by atoms with Gasteiger partial charge in [-0.25, -0.2) is 0 Å². The molecule has 0 radical (unpaired) electrons. The average molecular weight is 291 g/mol. The fourth-order valence-corrected chi connectivity index (χ4v) is 3.51. The maximum atomic E-state index is 11.3. The highest BCUT2D eigenvalue weighted by Gasteiger charge is 2.40. The Morgan fingerprint density at radius 3 is 3.00 bits per heavy atom. The van der Waals surface area contributed by atoms with E-state index in [-0.39, 0.29) is 0 Å². The summed E-state index contributed by atoms with van der Waals surface area (Å²) in [6.07, 6.45) is 5.27. The van der Waals surface area contributed by atoms with E-state index in [1.54, 1.807) is 6.20 Å². The summed E-state index contributed by atoms with van der Waals surface area (Å²) in [7, 11) is 0. The van der Waals surface area contributed by atoms with Crippen molar-refractivity contribution in [3.8, 4) is 0 Å². The minimum atomic E-state index is -1.02. The summed E-state index contributed by atoms with van der Waals surface area (Å²) < 4.78 is 1.85. The second kappa shape index (κ2) is 5.23. The van der Waals surface area contributed by atoms with Gasteiger partial charge in [0.2, 0.25) is 0 Å². The zero-order valence-corrected chi connectivity index (χ0v) is 12.4. The standard InChI is InChI=1S/C16H19ClN2O/c1-2-10-19-15(14(17)11-18-19)16(20)9-5-7-12-6-3-4-8-13(12)16/h3-4,6,8,11,20H,2,5,7,9-10H2,1H3. The van der Waals surface area contributed by atoms with Gasteiger partial charge in [0, 0.05) is 6.54 Å². The van der Waals surface area contributed by atoms with Gasteiger partial charge in [-0.3, -0.25) is 4.68 Å². The molecule has 0 aliphatic heterocycles. The molecule has 3 rings (SSSR count). The highest BCUT2D eigenvalue weighted by atomic mass is 35.5. The number of halogens is 1. The van der Waals surface area contributed by atoms with Gasteiger partial charge in [-0.2, -0.15) is 5.10 Å². The molecular weight excluding hydrogens is 272 g/mol. The SMILES string of the molecule is CCCn1ncc(Cl)c1C1(O)CCCc2ccccc21. The van der Waals surface area contributed by atoms with Crippen LogP contribution in [0.25, 0.3) is 0 Å². The van der Waals surface area contributed by atoms with Crippen LogP contribution in [-0.2, 0) is 18.6 Å². The summed E-state index contributed by atoms with van der Waals surface area (Å²) >= 11 is 6.33. The van der Waals surface area contributed by atoms with E-state index in [2.05, 4.69) is 18.1 Å². The monoisotopic (exact) mass is 290 g/mol.